The van der Waals surface area contributed by atoms with E-state index in [0.29, 0.717) is 5.22 Å². The highest BCUT2D eigenvalue weighted by molar-refractivity contribution is 7.99. The molecule has 2 aromatic rings. The second kappa shape index (κ2) is 5.99. The van der Waals surface area contributed by atoms with E-state index in [4.69, 9.17) is 21.8 Å². The van der Waals surface area contributed by atoms with Gasteiger partial charge in [0.1, 0.15) is 5.76 Å². The van der Waals surface area contributed by atoms with E-state index in [1.54, 1.807) is 0 Å². The Labute approximate surface area is 122 Å². The molecule has 0 bridgehead atoms. The molecule has 0 saturated heterocycles. The van der Waals surface area contributed by atoms with Crippen molar-refractivity contribution >= 4 is 23.4 Å². The highest BCUT2D eigenvalue weighted by atomic mass is 35.5. The van der Waals surface area contributed by atoms with E-state index >= 15 is 0 Å². The largest absolute Gasteiger partial charge is 0.436 e. The number of hydrogen-bond donors (Lipinski definition) is 1. The third kappa shape index (κ3) is 3.75. The monoisotopic (exact) mass is 296 g/mol. The summed E-state index contributed by atoms with van der Waals surface area (Å²) < 4.78 is 5.60. The van der Waals surface area contributed by atoms with Crippen LogP contribution in [0, 0.1) is 13.8 Å². The summed E-state index contributed by atoms with van der Waals surface area (Å²) in [6, 6.07) is 5.90. The number of rotatable bonds is 4. The van der Waals surface area contributed by atoms with Crippen molar-refractivity contribution in [2.75, 3.05) is 0 Å². The molecule has 2 N–H and O–H groups in total. The van der Waals surface area contributed by atoms with Crippen molar-refractivity contribution in [3.63, 3.8) is 0 Å². The van der Waals surface area contributed by atoms with Gasteiger partial charge in [-0.15, -0.1) is 0 Å². The zero-order chi connectivity index (χ0) is 14.0. The van der Waals surface area contributed by atoms with E-state index in [1.807, 2.05) is 39.0 Å². The van der Waals surface area contributed by atoms with Gasteiger partial charge in [-0.1, -0.05) is 11.6 Å². The Morgan fingerprint density at radius 2 is 2.16 bits per heavy atom. The maximum Gasteiger partial charge on any atom is 0.261 e. The number of oxazole rings is 1. The van der Waals surface area contributed by atoms with Gasteiger partial charge >= 0.3 is 0 Å². The highest BCUT2D eigenvalue weighted by Crippen LogP contribution is 2.33. The molecule has 1 heterocycles. The number of nitrogens with zero attached hydrogens (tertiary/aromatic N) is 1. The molecule has 5 heteroatoms. The predicted molar refractivity (Wildman–Crippen MR) is 78.9 cm³/mol. The van der Waals surface area contributed by atoms with Gasteiger partial charge in [-0.05, 0) is 62.7 Å². The van der Waals surface area contributed by atoms with Crippen LogP contribution < -0.4 is 5.73 Å². The summed E-state index contributed by atoms with van der Waals surface area (Å²) in [7, 11) is 0. The SMILES string of the molecule is Cc1nc(Sc2ccc(Cl)cc2CC(C)N)oc1C. The number of halogens is 1. The Kier molecular flexibility index (Phi) is 4.55. The molecule has 0 spiro atoms. The van der Waals surface area contributed by atoms with E-state index in [1.165, 1.54) is 11.8 Å². The lowest BCUT2D eigenvalue weighted by molar-refractivity contribution is 0.431. The fraction of sp³-hybridized carbons (Fsp3) is 0.357. The first-order valence-corrected chi connectivity index (χ1v) is 7.31. The maximum atomic E-state index is 6.04. The third-order valence-electron chi connectivity index (χ3n) is 2.77. The van der Waals surface area contributed by atoms with Crippen LogP contribution >= 0.6 is 23.4 Å². The molecule has 2 rings (SSSR count). The molecule has 0 aliphatic heterocycles. The van der Waals surface area contributed by atoms with E-state index in [0.717, 1.165) is 33.4 Å². The molecular weight excluding hydrogens is 280 g/mol. The molecule has 3 nitrogen and oxygen atoms in total. The molecule has 1 atom stereocenters. The normalized spacial score (nSPS) is 12.7. The molecule has 0 amide bonds. The quantitative estimate of drug-likeness (QED) is 0.927. The minimum absolute atomic E-state index is 0.0887. The molecule has 0 fully saturated rings. The topological polar surface area (TPSA) is 52.0 Å². The average molecular weight is 297 g/mol. The fourth-order valence-electron chi connectivity index (χ4n) is 1.74. The van der Waals surface area contributed by atoms with E-state index in [9.17, 15) is 0 Å². The number of benzene rings is 1. The van der Waals surface area contributed by atoms with E-state index in [2.05, 4.69) is 4.98 Å². The Hall–Kier alpha value is -0.970. The summed E-state index contributed by atoms with van der Waals surface area (Å²) in [6.45, 7) is 5.83. The maximum absolute atomic E-state index is 6.04. The molecule has 1 unspecified atom stereocenters. The van der Waals surface area contributed by atoms with Crippen LogP contribution in [-0.4, -0.2) is 11.0 Å². The standard InChI is InChI=1S/C14H17ClN2OS/c1-8(16)6-11-7-12(15)4-5-13(11)19-14-17-9(2)10(3)18-14/h4-5,7-8H,6,16H2,1-3H3. The Morgan fingerprint density at radius 1 is 1.42 bits per heavy atom. The first-order valence-electron chi connectivity index (χ1n) is 6.11. The van der Waals surface area contributed by atoms with E-state index in [-0.39, 0.29) is 6.04 Å². The van der Waals surface area contributed by atoms with E-state index < -0.39 is 0 Å². The second-order valence-electron chi connectivity index (χ2n) is 4.66. The molecule has 0 saturated carbocycles. The van der Waals surface area contributed by atoms with Crippen LogP contribution in [0.25, 0.3) is 0 Å². The van der Waals surface area contributed by atoms with Crippen molar-refractivity contribution in [3.8, 4) is 0 Å². The fourth-order valence-corrected chi connectivity index (χ4v) is 2.88. The Morgan fingerprint density at radius 3 is 2.74 bits per heavy atom. The first-order chi connectivity index (χ1) is 8.95. The second-order valence-corrected chi connectivity index (χ2v) is 6.09. The van der Waals surface area contributed by atoms with Crippen molar-refractivity contribution in [3.05, 3.63) is 40.2 Å². The summed E-state index contributed by atoms with van der Waals surface area (Å²) >= 11 is 7.55. The summed E-state index contributed by atoms with van der Waals surface area (Å²) in [5, 5.41) is 1.38. The van der Waals surface area contributed by atoms with Gasteiger partial charge in [-0.2, -0.15) is 0 Å². The lowest BCUT2D eigenvalue weighted by Crippen LogP contribution is -2.18. The van der Waals surface area contributed by atoms with Crippen LogP contribution in [0.1, 0.15) is 23.9 Å². The number of aromatic nitrogens is 1. The molecule has 0 aliphatic rings. The van der Waals surface area contributed by atoms with Gasteiger partial charge in [-0.3, -0.25) is 0 Å². The third-order valence-corrected chi connectivity index (χ3v) is 3.97. The molecule has 1 aromatic heterocycles. The smallest absolute Gasteiger partial charge is 0.261 e. The highest BCUT2D eigenvalue weighted by Gasteiger charge is 2.12. The lowest BCUT2D eigenvalue weighted by Gasteiger charge is -2.10. The van der Waals surface area contributed by atoms with Crippen molar-refractivity contribution in [2.24, 2.45) is 5.73 Å². The molecule has 0 radical (unpaired) electrons. The molecular formula is C14H17ClN2OS. The van der Waals surface area contributed by atoms with Crippen LogP contribution in [0.15, 0.2) is 32.7 Å². The molecule has 1 aromatic carbocycles. The predicted octanol–water partition coefficient (Wildman–Crippen LogP) is 3.99. The van der Waals surface area contributed by atoms with Crippen LogP contribution in [-0.2, 0) is 6.42 Å². The molecule has 0 aliphatic carbocycles. The minimum Gasteiger partial charge on any atom is -0.436 e. The van der Waals surface area contributed by atoms with Crippen LogP contribution in [0.4, 0.5) is 0 Å². The Bertz CT molecular complexity index is 561. The number of aryl methyl sites for hydroxylation is 2. The van der Waals surface area contributed by atoms with Crippen LogP contribution in [0.3, 0.4) is 0 Å². The summed E-state index contributed by atoms with van der Waals surface area (Å²) in [4.78, 5) is 5.47. The molecule has 102 valence electrons. The summed E-state index contributed by atoms with van der Waals surface area (Å²) in [6.07, 6.45) is 0.779. The zero-order valence-electron chi connectivity index (χ0n) is 11.2. The van der Waals surface area contributed by atoms with Crippen molar-refractivity contribution < 1.29 is 4.42 Å². The van der Waals surface area contributed by atoms with Crippen molar-refractivity contribution in [1.29, 1.82) is 0 Å². The lowest BCUT2D eigenvalue weighted by atomic mass is 10.1. The average Bonchev–Trinajstić information content (AvgIpc) is 2.61. The summed E-state index contributed by atoms with van der Waals surface area (Å²) in [5.41, 5.74) is 7.92. The van der Waals surface area contributed by atoms with Gasteiger partial charge in [0.15, 0.2) is 0 Å². The van der Waals surface area contributed by atoms with Gasteiger partial charge in [0, 0.05) is 16.0 Å². The van der Waals surface area contributed by atoms with Gasteiger partial charge in [0.05, 0.1) is 5.69 Å². The van der Waals surface area contributed by atoms with Crippen molar-refractivity contribution in [2.45, 2.75) is 43.4 Å². The zero-order valence-corrected chi connectivity index (χ0v) is 12.8. The van der Waals surface area contributed by atoms with Gasteiger partial charge in [-0.25, -0.2) is 4.98 Å². The van der Waals surface area contributed by atoms with Crippen LogP contribution in [0.2, 0.25) is 5.02 Å². The summed E-state index contributed by atoms with van der Waals surface area (Å²) in [5.74, 6) is 0.852. The van der Waals surface area contributed by atoms with Crippen LogP contribution in [0.5, 0.6) is 0 Å². The number of hydrogen-bond acceptors (Lipinski definition) is 4. The molecule has 19 heavy (non-hydrogen) atoms. The number of nitrogens with two attached hydrogens (primary N) is 1. The van der Waals surface area contributed by atoms with Crippen molar-refractivity contribution in [1.82, 2.24) is 4.98 Å². The first kappa shape index (κ1) is 14.4. The Balaban J connectivity index is 2.28. The van der Waals surface area contributed by atoms with Gasteiger partial charge < -0.3 is 10.2 Å². The van der Waals surface area contributed by atoms with Gasteiger partial charge in [0.25, 0.3) is 5.22 Å². The van der Waals surface area contributed by atoms with Gasteiger partial charge in [0.2, 0.25) is 0 Å². The minimum atomic E-state index is 0.0887.